The SMILES string of the molecule is C=C[C@@H]1[C@H]2[C@H]([C@H](C)O[Si](CC)(CC)CC)OC([C@H](C)O[Si](CC)(CC)CC)OC2(O)[C@@H](OCc2ccccc2)C[C@H]1O[Si](C)(C)C(C)(C)C. The van der Waals surface area contributed by atoms with Gasteiger partial charge in [-0.1, -0.05) is 98.7 Å². The first kappa shape index (κ1) is 42.7. The van der Waals surface area contributed by atoms with Crippen molar-refractivity contribution in [1.29, 1.82) is 0 Å². The van der Waals surface area contributed by atoms with Crippen LogP contribution in [-0.2, 0) is 34.1 Å². The van der Waals surface area contributed by atoms with Gasteiger partial charge in [0.1, 0.15) is 6.10 Å². The summed E-state index contributed by atoms with van der Waals surface area (Å²) in [7, 11) is -6.30. The van der Waals surface area contributed by atoms with E-state index in [-0.39, 0.29) is 29.3 Å². The minimum Gasteiger partial charge on any atom is -0.413 e. The van der Waals surface area contributed by atoms with E-state index < -0.39 is 55.2 Å². The molecule has 10 heteroatoms. The summed E-state index contributed by atoms with van der Waals surface area (Å²) in [4.78, 5) is 0. The van der Waals surface area contributed by atoms with Gasteiger partial charge < -0.3 is 32.6 Å². The highest BCUT2D eigenvalue weighted by Crippen LogP contribution is 2.52. The quantitative estimate of drug-likeness (QED) is 0.119. The molecule has 0 aromatic heterocycles. The third-order valence-corrected chi connectivity index (χ3v) is 26.6. The minimum absolute atomic E-state index is 0.00288. The van der Waals surface area contributed by atoms with Gasteiger partial charge in [0.25, 0.3) is 0 Å². The van der Waals surface area contributed by atoms with Crippen LogP contribution in [0.25, 0.3) is 0 Å². The third-order valence-electron chi connectivity index (χ3n) is 12.6. The van der Waals surface area contributed by atoms with Crippen LogP contribution in [0.1, 0.15) is 88.1 Å². The summed E-state index contributed by atoms with van der Waals surface area (Å²) in [5.41, 5.74) is 1.04. The van der Waals surface area contributed by atoms with E-state index in [4.69, 9.17) is 27.5 Å². The first-order chi connectivity index (χ1) is 22.9. The van der Waals surface area contributed by atoms with Gasteiger partial charge in [0.05, 0.1) is 36.9 Å². The van der Waals surface area contributed by atoms with Gasteiger partial charge in [0, 0.05) is 12.3 Å². The first-order valence-corrected chi connectivity index (χ1v) is 27.3. The Kier molecular flexibility index (Phi) is 15.2. The second kappa shape index (κ2) is 17.4. The lowest BCUT2D eigenvalue weighted by Gasteiger charge is -2.59. The van der Waals surface area contributed by atoms with E-state index in [1.54, 1.807) is 0 Å². The second-order valence-electron chi connectivity index (χ2n) is 16.2. The lowest BCUT2D eigenvalue weighted by Crippen LogP contribution is -2.72. The molecule has 0 bridgehead atoms. The van der Waals surface area contributed by atoms with E-state index >= 15 is 0 Å². The maximum absolute atomic E-state index is 13.2. The molecule has 2 fully saturated rings. The molecule has 0 spiro atoms. The summed E-state index contributed by atoms with van der Waals surface area (Å²) in [6, 6.07) is 16.2. The van der Waals surface area contributed by atoms with E-state index in [1.165, 1.54) is 0 Å². The predicted octanol–water partition coefficient (Wildman–Crippen LogP) is 10.0. The molecule has 2 aliphatic rings. The summed E-state index contributed by atoms with van der Waals surface area (Å²) in [6.07, 6.45) is -0.436. The summed E-state index contributed by atoms with van der Waals surface area (Å²) in [5.74, 6) is -2.47. The summed E-state index contributed by atoms with van der Waals surface area (Å²) >= 11 is 0. The van der Waals surface area contributed by atoms with Gasteiger partial charge in [-0.25, -0.2) is 0 Å². The number of ether oxygens (including phenoxy) is 3. The van der Waals surface area contributed by atoms with Gasteiger partial charge in [0.15, 0.2) is 31.2 Å². The van der Waals surface area contributed by atoms with E-state index in [2.05, 4.69) is 101 Å². The zero-order valence-corrected chi connectivity index (χ0v) is 36.3. The van der Waals surface area contributed by atoms with Crippen LogP contribution >= 0.6 is 0 Å². The molecule has 0 amide bonds. The number of rotatable bonds is 18. The lowest BCUT2D eigenvalue weighted by atomic mass is 9.67. The summed E-state index contributed by atoms with van der Waals surface area (Å²) in [6.45, 7) is 33.7. The molecular formula is C39H72O7Si3. The Bertz CT molecular complexity index is 1140. The van der Waals surface area contributed by atoms with Crippen molar-refractivity contribution < 1.29 is 32.6 Å². The first-order valence-electron chi connectivity index (χ1n) is 19.3. The van der Waals surface area contributed by atoms with Gasteiger partial charge in [-0.2, -0.15) is 0 Å². The fourth-order valence-corrected chi connectivity index (χ4v) is 15.0. The van der Waals surface area contributed by atoms with Gasteiger partial charge in [-0.15, -0.1) is 6.58 Å². The molecule has 1 saturated carbocycles. The largest absolute Gasteiger partial charge is 0.413 e. The molecular weight excluding hydrogens is 665 g/mol. The number of benzene rings is 1. The predicted molar refractivity (Wildman–Crippen MR) is 209 cm³/mol. The van der Waals surface area contributed by atoms with Crippen molar-refractivity contribution >= 4 is 25.0 Å². The third kappa shape index (κ3) is 9.47. The van der Waals surface area contributed by atoms with Gasteiger partial charge in [-0.3, -0.25) is 0 Å². The Hall–Kier alpha value is -0.669. The van der Waals surface area contributed by atoms with Crippen molar-refractivity contribution in [2.75, 3.05) is 0 Å². The van der Waals surface area contributed by atoms with Crippen molar-refractivity contribution in [3.8, 4) is 0 Å². The second-order valence-corrected chi connectivity index (χ2v) is 30.5. The van der Waals surface area contributed by atoms with Crippen molar-refractivity contribution in [2.45, 2.75) is 186 Å². The lowest BCUT2D eigenvalue weighted by molar-refractivity contribution is -0.437. The Morgan fingerprint density at radius 1 is 0.898 bits per heavy atom. The van der Waals surface area contributed by atoms with Crippen molar-refractivity contribution in [3.63, 3.8) is 0 Å². The molecule has 1 aromatic carbocycles. The van der Waals surface area contributed by atoms with Crippen molar-refractivity contribution in [1.82, 2.24) is 0 Å². The Morgan fingerprint density at radius 2 is 1.41 bits per heavy atom. The fourth-order valence-electron chi connectivity index (χ4n) is 7.78. The van der Waals surface area contributed by atoms with Crippen molar-refractivity contribution in [2.24, 2.45) is 11.8 Å². The van der Waals surface area contributed by atoms with Gasteiger partial charge >= 0.3 is 0 Å². The number of fused-ring (bicyclic) bond motifs is 1. The van der Waals surface area contributed by atoms with E-state index in [9.17, 15) is 5.11 Å². The number of hydrogen-bond acceptors (Lipinski definition) is 7. The maximum atomic E-state index is 13.2. The Balaban J connectivity index is 2.17. The fraction of sp³-hybridized carbons (Fsp3) is 0.795. The molecule has 1 aliphatic carbocycles. The molecule has 1 heterocycles. The smallest absolute Gasteiger partial charge is 0.201 e. The standard InChI is InChI=1S/C39H72O7Si3/c1-15-32-33(46-47(13,14)38(10,11)12)27-34(41-28-31-25-23-22-24-26-31)39(40)35(32)36(29(8)44-48(16-2,17-3)18-4)42-37(43-39)30(9)45-49(19-5,20-6)21-7/h15,22-26,29-30,32-37,40H,1,16-21,27-28H2,2-14H3/t29-,30-,32-,33+,34-,35-,36-,37?,39?/m0/s1. The highest BCUT2D eigenvalue weighted by Gasteiger charge is 2.64. The summed E-state index contributed by atoms with van der Waals surface area (Å²) < 4.78 is 42.0. The molecule has 2 unspecified atom stereocenters. The number of hydrogen-bond donors (Lipinski definition) is 1. The minimum atomic E-state index is -2.23. The average molecular weight is 737 g/mol. The Labute approximate surface area is 303 Å². The molecule has 1 N–H and O–H groups in total. The molecule has 1 aromatic rings. The molecule has 9 atom stereocenters. The van der Waals surface area contributed by atoms with E-state index in [1.807, 2.05) is 31.2 Å². The highest BCUT2D eigenvalue weighted by molar-refractivity contribution is 6.74. The molecule has 1 aliphatic heterocycles. The van der Waals surface area contributed by atoms with E-state index in [0.29, 0.717) is 13.0 Å². The molecule has 282 valence electrons. The molecule has 1 saturated heterocycles. The van der Waals surface area contributed by atoms with Crippen LogP contribution in [-0.4, -0.2) is 72.7 Å². The van der Waals surface area contributed by atoms with Crippen LogP contribution in [0.4, 0.5) is 0 Å². The van der Waals surface area contributed by atoms with Gasteiger partial charge in [0.2, 0.25) is 5.79 Å². The maximum Gasteiger partial charge on any atom is 0.201 e. The average Bonchev–Trinajstić information content (AvgIpc) is 3.08. The van der Waals surface area contributed by atoms with Crippen LogP contribution in [0, 0.1) is 11.8 Å². The number of aliphatic hydroxyl groups is 1. The van der Waals surface area contributed by atoms with Crippen molar-refractivity contribution in [3.05, 3.63) is 48.6 Å². The topological polar surface area (TPSA) is 75.6 Å². The Morgan fingerprint density at radius 3 is 1.88 bits per heavy atom. The highest BCUT2D eigenvalue weighted by atomic mass is 28.4. The molecule has 49 heavy (non-hydrogen) atoms. The zero-order valence-electron chi connectivity index (χ0n) is 33.3. The van der Waals surface area contributed by atoms with Gasteiger partial charge in [-0.05, 0) is 73.8 Å². The van der Waals surface area contributed by atoms with Crippen LogP contribution in [0.15, 0.2) is 43.0 Å². The van der Waals surface area contributed by atoms with Crippen LogP contribution in [0.5, 0.6) is 0 Å². The van der Waals surface area contributed by atoms with Crippen LogP contribution < -0.4 is 0 Å². The molecule has 7 nitrogen and oxygen atoms in total. The monoisotopic (exact) mass is 736 g/mol. The van der Waals surface area contributed by atoms with Crippen LogP contribution in [0.3, 0.4) is 0 Å². The van der Waals surface area contributed by atoms with E-state index in [0.717, 1.165) is 41.8 Å². The summed E-state index contributed by atoms with van der Waals surface area (Å²) in [5, 5.41) is 13.2. The van der Waals surface area contributed by atoms with Crippen LogP contribution in [0.2, 0.25) is 54.4 Å². The molecule has 3 rings (SSSR count). The molecule has 0 radical (unpaired) electrons. The zero-order chi connectivity index (χ0) is 36.8. The normalized spacial score (nSPS) is 29.7.